The van der Waals surface area contributed by atoms with E-state index >= 15 is 0 Å². The van der Waals surface area contributed by atoms with Gasteiger partial charge in [-0.2, -0.15) is 0 Å². The van der Waals surface area contributed by atoms with E-state index in [0.717, 1.165) is 43.3 Å². The van der Waals surface area contributed by atoms with Gasteiger partial charge in [0, 0.05) is 20.0 Å². The maximum Gasteiger partial charge on any atom is 0.129 e. The smallest absolute Gasteiger partial charge is 0.129 e. The van der Waals surface area contributed by atoms with E-state index in [-0.39, 0.29) is 0 Å². The number of rotatable bonds is 5. The van der Waals surface area contributed by atoms with Crippen LogP contribution in [0.15, 0.2) is 23.3 Å². The summed E-state index contributed by atoms with van der Waals surface area (Å²) in [6, 6.07) is 0. The standard InChI is InChI=1S/C22H41N3Si/c1-8-17-9-20-19(16(4)5)10-18(15(2)3)11-21(20)22(17)26(6,7)25-13-23-12-24-14-25/h10-11,15-17,20-24H,8-9,12-14H2,1-7H3. The molecule has 3 aliphatic rings. The summed E-state index contributed by atoms with van der Waals surface area (Å²) in [5, 5.41) is 7.09. The van der Waals surface area contributed by atoms with Crippen LogP contribution in [0.3, 0.4) is 0 Å². The maximum atomic E-state index is 3.55. The molecule has 2 fully saturated rings. The number of fused-ring (bicyclic) bond motifs is 1. The van der Waals surface area contributed by atoms with Gasteiger partial charge < -0.3 is 0 Å². The fourth-order valence-electron chi connectivity index (χ4n) is 5.91. The summed E-state index contributed by atoms with van der Waals surface area (Å²) in [6.07, 6.45) is 8.02. The van der Waals surface area contributed by atoms with Crippen LogP contribution in [0.25, 0.3) is 0 Å². The zero-order valence-corrected chi connectivity index (χ0v) is 19.1. The summed E-state index contributed by atoms with van der Waals surface area (Å²) in [5.74, 6) is 3.71. The molecular formula is C22H41N3Si. The normalized spacial score (nSPS) is 33.4. The molecule has 2 N–H and O–H groups in total. The van der Waals surface area contributed by atoms with Gasteiger partial charge in [-0.1, -0.05) is 71.9 Å². The predicted octanol–water partition coefficient (Wildman–Crippen LogP) is 4.77. The Labute approximate surface area is 162 Å². The molecule has 0 radical (unpaired) electrons. The Hall–Kier alpha value is -0.423. The molecule has 3 rings (SSSR count). The van der Waals surface area contributed by atoms with Gasteiger partial charge in [0.05, 0.1) is 0 Å². The SMILES string of the molecule is CCC1CC2C(C(C)C)=CC(C(C)C)=CC2C1[Si](C)(C)N1CNCNC1. The van der Waals surface area contributed by atoms with Crippen LogP contribution in [-0.4, -0.2) is 32.8 Å². The Kier molecular flexibility index (Phi) is 6.17. The summed E-state index contributed by atoms with van der Waals surface area (Å²) >= 11 is 0. The van der Waals surface area contributed by atoms with Crippen LogP contribution in [0.4, 0.5) is 0 Å². The molecule has 4 unspecified atom stereocenters. The van der Waals surface area contributed by atoms with E-state index < -0.39 is 8.24 Å². The van der Waals surface area contributed by atoms with Gasteiger partial charge in [-0.3, -0.25) is 15.2 Å². The van der Waals surface area contributed by atoms with Crippen molar-refractivity contribution in [1.29, 1.82) is 0 Å². The van der Waals surface area contributed by atoms with Crippen LogP contribution in [0.1, 0.15) is 47.5 Å². The van der Waals surface area contributed by atoms with Crippen LogP contribution < -0.4 is 10.6 Å². The minimum Gasteiger partial charge on any atom is -0.299 e. The van der Waals surface area contributed by atoms with Gasteiger partial charge >= 0.3 is 0 Å². The number of allylic oxidation sites excluding steroid dienone is 4. The topological polar surface area (TPSA) is 27.3 Å². The number of nitrogens with one attached hydrogen (secondary N) is 2. The average molecular weight is 376 g/mol. The Balaban J connectivity index is 1.98. The Morgan fingerprint density at radius 2 is 1.77 bits per heavy atom. The van der Waals surface area contributed by atoms with Crippen molar-refractivity contribution in [3.05, 3.63) is 23.3 Å². The van der Waals surface area contributed by atoms with Crippen molar-refractivity contribution in [2.24, 2.45) is 29.6 Å². The molecule has 2 aliphatic carbocycles. The first-order chi connectivity index (χ1) is 12.3. The van der Waals surface area contributed by atoms with Crippen molar-refractivity contribution in [3.8, 4) is 0 Å². The highest BCUT2D eigenvalue weighted by atomic mass is 28.3. The molecule has 1 aliphatic heterocycles. The molecule has 1 saturated heterocycles. The van der Waals surface area contributed by atoms with Gasteiger partial charge in [-0.05, 0) is 47.1 Å². The molecule has 0 aromatic carbocycles. The molecule has 3 nitrogen and oxygen atoms in total. The van der Waals surface area contributed by atoms with Gasteiger partial charge in [0.15, 0.2) is 0 Å². The highest BCUT2D eigenvalue weighted by molar-refractivity contribution is 6.76. The molecule has 0 aromatic heterocycles. The predicted molar refractivity (Wildman–Crippen MR) is 115 cm³/mol. The molecular weight excluding hydrogens is 334 g/mol. The van der Waals surface area contributed by atoms with Crippen molar-refractivity contribution in [2.75, 3.05) is 20.0 Å². The lowest BCUT2D eigenvalue weighted by Crippen LogP contribution is -2.63. The summed E-state index contributed by atoms with van der Waals surface area (Å²) < 4.78 is 2.77. The molecule has 26 heavy (non-hydrogen) atoms. The third-order valence-corrected chi connectivity index (χ3v) is 11.9. The molecule has 0 spiro atoms. The van der Waals surface area contributed by atoms with E-state index in [9.17, 15) is 0 Å². The Bertz CT molecular complexity index is 558. The largest absolute Gasteiger partial charge is 0.299 e. The average Bonchev–Trinajstić information content (AvgIpc) is 3.00. The third kappa shape index (κ3) is 3.63. The van der Waals surface area contributed by atoms with E-state index in [2.05, 4.69) is 75.1 Å². The number of hydrogen-bond acceptors (Lipinski definition) is 3. The summed E-state index contributed by atoms with van der Waals surface area (Å²) in [6.45, 7) is 20.3. The second-order valence-corrected chi connectivity index (χ2v) is 14.5. The lowest BCUT2D eigenvalue weighted by Gasteiger charge is -2.47. The van der Waals surface area contributed by atoms with Crippen molar-refractivity contribution >= 4 is 8.24 Å². The summed E-state index contributed by atoms with van der Waals surface area (Å²) in [7, 11) is -1.55. The van der Waals surface area contributed by atoms with Gasteiger partial charge in [-0.15, -0.1) is 0 Å². The number of nitrogens with zero attached hydrogens (tertiary/aromatic N) is 1. The fraction of sp³-hybridized carbons (Fsp3) is 0.818. The Morgan fingerprint density at radius 3 is 2.31 bits per heavy atom. The van der Waals surface area contributed by atoms with Gasteiger partial charge in [0.2, 0.25) is 0 Å². The molecule has 0 amide bonds. The minimum atomic E-state index is -1.55. The van der Waals surface area contributed by atoms with Gasteiger partial charge in [0.1, 0.15) is 8.24 Å². The van der Waals surface area contributed by atoms with Crippen molar-refractivity contribution in [3.63, 3.8) is 0 Å². The lowest BCUT2D eigenvalue weighted by atomic mass is 9.76. The van der Waals surface area contributed by atoms with E-state index in [1.807, 2.05) is 0 Å². The number of hydrogen-bond donors (Lipinski definition) is 2. The van der Waals surface area contributed by atoms with Crippen LogP contribution in [0, 0.1) is 29.6 Å². The third-order valence-electron chi connectivity index (χ3n) is 7.43. The monoisotopic (exact) mass is 375 g/mol. The fourth-order valence-corrected chi connectivity index (χ4v) is 10.2. The Morgan fingerprint density at radius 1 is 1.12 bits per heavy atom. The van der Waals surface area contributed by atoms with E-state index in [1.54, 1.807) is 11.1 Å². The van der Waals surface area contributed by atoms with Crippen LogP contribution in [-0.2, 0) is 0 Å². The van der Waals surface area contributed by atoms with Gasteiger partial charge in [-0.25, -0.2) is 0 Å². The summed E-state index contributed by atoms with van der Waals surface area (Å²) in [5.41, 5.74) is 4.19. The minimum absolute atomic E-state index is 0.633. The van der Waals surface area contributed by atoms with Crippen molar-refractivity contribution in [2.45, 2.75) is 66.1 Å². The molecule has 4 heteroatoms. The van der Waals surface area contributed by atoms with Crippen LogP contribution in [0.5, 0.6) is 0 Å². The maximum absolute atomic E-state index is 3.55. The zero-order chi connectivity index (χ0) is 19.1. The molecule has 1 saturated carbocycles. The van der Waals surface area contributed by atoms with Crippen LogP contribution in [0.2, 0.25) is 18.6 Å². The summed E-state index contributed by atoms with van der Waals surface area (Å²) in [4.78, 5) is 0. The molecule has 148 valence electrons. The second kappa shape index (κ2) is 7.90. The van der Waals surface area contributed by atoms with Gasteiger partial charge in [0.25, 0.3) is 0 Å². The lowest BCUT2D eigenvalue weighted by molar-refractivity contribution is 0.278. The quantitative estimate of drug-likeness (QED) is 0.678. The molecule has 1 heterocycles. The second-order valence-electron chi connectivity index (χ2n) is 9.92. The molecule has 4 atom stereocenters. The van der Waals surface area contributed by atoms with Crippen molar-refractivity contribution in [1.82, 2.24) is 15.2 Å². The van der Waals surface area contributed by atoms with Crippen LogP contribution >= 0.6 is 0 Å². The van der Waals surface area contributed by atoms with E-state index in [1.165, 1.54) is 12.8 Å². The zero-order valence-electron chi connectivity index (χ0n) is 18.1. The van der Waals surface area contributed by atoms with Crippen molar-refractivity contribution < 1.29 is 0 Å². The highest BCUT2D eigenvalue weighted by Crippen LogP contribution is 2.58. The first kappa shape index (κ1) is 20.3. The highest BCUT2D eigenvalue weighted by Gasteiger charge is 2.53. The van der Waals surface area contributed by atoms with E-state index in [0.29, 0.717) is 11.8 Å². The molecule has 0 bridgehead atoms. The first-order valence-electron chi connectivity index (χ1n) is 10.9. The first-order valence-corrected chi connectivity index (χ1v) is 13.9. The van der Waals surface area contributed by atoms with E-state index in [4.69, 9.17) is 0 Å². The molecule has 0 aromatic rings.